The van der Waals surface area contributed by atoms with Crippen LogP contribution in [0.4, 0.5) is 4.39 Å². The van der Waals surface area contributed by atoms with Gasteiger partial charge in [-0.15, -0.1) is 0 Å². The van der Waals surface area contributed by atoms with Crippen LogP contribution in [0.2, 0.25) is 0 Å². The second-order valence-electron chi connectivity index (χ2n) is 7.76. The number of aromatic nitrogens is 1. The van der Waals surface area contributed by atoms with Crippen molar-refractivity contribution in [1.29, 1.82) is 0 Å². The van der Waals surface area contributed by atoms with E-state index in [1.807, 2.05) is 12.1 Å². The lowest BCUT2D eigenvalue weighted by Crippen LogP contribution is -2.20. The molecule has 0 amide bonds. The van der Waals surface area contributed by atoms with E-state index in [1.165, 1.54) is 11.8 Å². The molecular formula is C24H34FNO3. The van der Waals surface area contributed by atoms with E-state index in [2.05, 4.69) is 44.8 Å². The van der Waals surface area contributed by atoms with E-state index in [9.17, 15) is 4.39 Å². The third kappa shape index (κ3) is 8.82. The molecule has 0 saturated heterocycles. The summed E-state index contributed by atoms with van der Waals surface area (Å²) in [4.78, 5) is 4.14. The maximum atomic E-state index is 12.6. The lowest BCUT2D eigenvalue weighted by atomic mass is 10.1. The van der Waals surface area contributed by atoms with Crippen LogP contribution in [0.5, 0.6) is 11.6 Å². The SMILES string of the molecule is CCCC(COc1cccc(CC(C)OC(C)C)c1)COc1ccc(CF)cn1. The number of alkyl halides is 1. The summed E-state index contributed by atoms with van der Waals surface area (Å²) >= 11 is 0. The molecule has 0 bridgehead atoms. The zero-order valence-corrected chi connectivity index (χ0v) is 18.1. The highest BCUT2D eigenvalue weighted by Crippen LogP contribution is 2.19. The van der Waals surface area contributed by atoms with Crippen LogP contribution in [0.3, 0.4) is 0 Å². The molecule has 0 fully saturated rings. The Kier molecular flexibility index (Phi) is 9.92. The van der Waals surface area contributed by atoms with Crippen LogP contribution < -0.4 is 9.47 Å². The summed E-state index contributed by atoms with van der Waals surface area (Å²) in [5.41, 5.74) is 1.76. The standard InChI is InChI=1S/C24H34FNO3/c1-5-7-22(17-28-24-11-10-21(14-25)15-26-24)16-27-23-9-6-8-20(13-23)12-19(4)29-18(2)3/h6,8-11,13,15,18-19,22H,5,7,12,14,16-17H2,1-4H3. The number of pyridine rings is 1. The molecule has 2 rings (SSSR count). The van der Waals surface area contributed by atoms with E-state index in [1.54, 1.807) is 12.1 Å². The van der Waals surface area contributed by atoms with E-state index >= 15 is 0 Å². The normalized spacial score (nSPS) is 13.3. The Hall–Kier alpha value is -2.14. The van der Waals surface area contributed by atoms with Gasteiger partial charge in [0, 0.05) is 23.7 Å². The van der Waals surface area contributed by atoms with Gasteiger partial charge in [0.1, 0.15) is 12.4 Å². The first kappa shape index (κ1) is 23.1. The number of halogens is 1. The van der Waals surface area contributed by atoms with Crippen LogP contribution in [0.1, 0.15) is 51.7 Å². The Morgan fingerprint density at radius 3 is 2.45 bits per heavy atom. The van der Waals surface area contributed by atoms with Crippen LogP contribution in [-0.4, -0.2) is 30.4 Å². The molecule has 5 heteroatoms. The molecule has 0 aliphatic heterocycles. The predicted octanol–water partition coefficient (Wildman–Crippen LogP) is 5.78. The lowest BCUT2D eigenvalue weighted by molar-refractivity contribution is 0.0194. The maximum Gasteiger partial charge on any atom is 0.213 e. The maximum absolute atomic E-state index is 12.6. The minimum Gasteiger partial charge on any atom is -0.493 e. The largest absolute Gasteiger partial charge is 0.493 e. The summed E-state index contributed by atoms with van der Waals surface area (Å²) in [5, 5.41) is 0. The highest BCUT2D eigenvalue weighted by molar-refractivity contribution is 5.29. The van der Waals surface area contributed by atoms with Gasteiger partial charge < -0.3 is 14.2 Å². The first-order valence-electron chi connectivity index (χ1n) is 10.5. The number of nitrogens with zero attached hydrogens (tertiary/aromatic N) is 1. The molecule has 0 N–H and O–H groups in total. The van der Waals surface area contributed by atoms with Gasteiger partial charge in [-0.2, -0.15) is 0 Å². The zero-order chi connectivity index (χ0) is 21.1. The molecule has 0 radical (unpaired) electrons. The molecular weight excluding hydrogens is 369 g/mol. The third-order valence-corrected chi connectivity index (χ3v) is 4.53. The smallest absolute Gasteiger partial charge is 0.213 e. The third-order valence-electron chi connectivity index (χ3n) is 4.53. The minimum atomic E-state index is -0.513. The van der Waals surface area contributed by atoms with Crippen molar-refractivity contribution < 1.29 is 18.6 Å². The van der Waals surface area contributed by atoms with E-state index < -0.39 is 6.67 Å². The van der Waals surface area contributed by atoms with Crippen molar-refractivity contribution in [3.8, 4) is 11.6 Å². The highest BCUT2D eigenvalue weighted by Gasteiger charge is 2.12. The summed E-state index contributed by atoms with van der Waals surface area (Å²) in [6, 6.07) is 11.6. The molecule has 160 valence electrons. The predicted molar refractivity (Wildman–Crippen MR) is 114 cm³/mol. The summed E-state index contributed by atoms with van der Waals surface area (Å²) in [7, 11) is 0. The molecule has 2 atom stereocenters. The minimum absolute atomic E-state index is 0.169. The zero-order valence-electron chi connectivity index (χ0n) is 18.1. The first-order chi connectivity index (χ1) is 14.0. The van der Waals surface area contributed by atoms with Gasteiger partial charge in [0.15, 0.2) is 0 Å². The Morgan fingerprint density at radius 1 is 1.00 bits per heavy atom. The topological polar surface area (TPSA) is 40.6 Å². The molecule has 0 aliphatic carbocycles. The summed E-state index contributed by atoms with van der Waals surface area (Å²) in [6.07, 6.45) is 4.81. The Balaban J connectivity index is 1.86. The summed E-state index contributed by atoms with van der Waals surface area (Å²) in [5.74, 6) is 1.64. The molecule has 0 spiro atoms. The number of hydrogen-bond donors (Lipinski definition) is 0. The van der Waals surface area contributed by atoms with Crippen molar-refractivity contribution in [3.05, 3.63) is 53.7 Å². The monoisotopic (exact) mass is 403 g/mol. The first-order valence-corrected chi connectivity index (χ1v) is 10.5. The van der Waals surface area contributed by atoms with Crippen LogP contribution >= 0.6 is 0 Å². The van der Waals surface area contributed by atoms with Crippen molar-refractivity contribution in [3.63, 3.8) is 0 Å². The van der Waals surface area contributed by atoms with Crippen LogP contribution in [-0.2, 0) is 17.8 Å². The molecule has 29 heavy (non-hydrogen) atoms. The van der Waals surface area contributed by atoms with E-state index in [4.69, 9.17) is 14.2 Å². The van der Waals surface area contributed by atoms with Crippen LogP contribution in [0, 0.1) is 5.92 Å². The van der Waals surface area contributed by atoms with Crippen molar-refractivity contribution in [1.82, 2.24) is 4.98 Å². The Morgan fingerprint density at radius 2 is 1.79 bits per heavy atom. The van der Waals surface area contributed by atoms with Gasteiger partial charge in [0.2, 0.25) is 5.88 Å². The highest BCUT2D eigenvalue weighted by atomic mass is 19.1. The molecule has 2 unspecified atom stereocenters. The van der Waals surface area contributed by atoms with Gasteiger partial charge in [0.05, 0.1) is 25.4 Å². The molecule has 4 nitrogen and oxygen atoms in total. The fourth-order valence-electron chi connectivity index (χ4n) is 3.22. The second kappa shape index (κ2) is 12.4. The van der Waals surface area contributed by atoms with Gasteiger partial charge in [-0.3, -0.25) is 0 Å². The molecule has 1 aromatic heterocycles. The van der Waals surface area contributed by atoms with Crippen molar-refractivity contribution >= 4 is 0 Å². The Labute approximate surface area is 174 Å². The van der Waals surface area contributed by atoms with Gasteiger partial charge >= 0.3 is 0 Å². The van der Waals surface area contributed by atoms with Crippen LogP contribution in [0.25, 0.3) is 0 Å². The molecule has 2 aromatic rings. The van der Waals surface area contributed by atoms with Gasteiger partial charge in [-0.1, -0.05) is 25.5 Å². The number of ether oxygens (including phenoxy) is 3. The van der Waals surface area contributed by atoms with E-state index in [0.29, 0.717) is 24.7 Å². The average Bonchev–Trinajstić information content (AvgIpc) is 2.70. The fraction of sp³-hybridized carbons (Fsp3) is 0.542. The average molecular weight is 404 g/mol. The van der Waals surface area contributed by atoms with Gasteiger partial charge in [-0.05, 0) is 57.4 Å². The molecule has 1 heterocycles. The van der Waals surface area contributed by atoms with Gasteiger partial charge in [-0.25, -0.2) is 9.37 Å². The number of benzene rings is 1. The van der Waals surface area contributed by atoms with Crippen LogP contribution in [0.15, 0.2) is 42.6 Å². The van der Waals surface area contributed by atoms with Crippen molar-refractivity contribution in [2.24, 2.45) is 5.92 Å². The van der Waals surface area contributed by atoms with Gasteiger partial charge in [0.25, 0.3) is 0 Å². The number of rotatable bonds is 13. The summed E-state index contributed by atoms with van der Waals surface area (Å²) in [6.45, 7) is 8.94. The van der Waals surface area contributed by atoms with E-state index in [0.717, 1.165) is 25.0 Å². The van der Waals surface area contributed by atoms with Crippen molar-refractivity contribution in [2.75, 3.05) is 13.2 Å². The van der Waals surface area contributed by atoms with E-state index in [-0.39, 0.29) is 18.1 Å². The lowest BCUT2D eigenvalue weighted by Gasteiger charge is -2.19. The molecule has 0 saturated carbocycles. The molecule has 1 aromatic carbocycles. The van der Waals surface area contributed by atoms with Crippen molar-refractivity contribution in [2.45, 2.75) is 65.8 Å². The number of hydrogen-bond acceptors (Lipinski definition) is 4. The molecule has 0 aliphatic rings. The quantitative estimate of drug-likeness (QED) is 0.425. The second-order valence-corrected chi connectivity index (χ2v) is 7.76. The Bertz CT molecular complexity index is 706. The summed E-state index contributed by atoms with van der Waals surface area (Å²) < 4.78 is 30.3. The fourth-order valence-corrected chi connectivity index (χ4v) is 3.22.